The number of fused-ring (bicyclic) bond motifs is 1. The molecule has 3 rings (SSSR count). The zero-order valence-corrected chi connectivity index (χ0v) is 10.9. The van der Waals surface area contributed by atoms with Crippen LogP contribution < -0.4 is 11.3 Å². The first kappa shape index (κ1) is 12.5. The van der Waals surface area contributed by atoms with E-state index < -0.39 is 0 Å². The number of nitrogens with zero attached hydrogens (tertiary/aromatic N) is 2. The molecule has 0 amide bonds. The summed E-state index contributed by atoms with van der Waals surface area (Å²) in [7, 11) is 0. The van der Waals surface area contributed by atoms with Crippen LogP contribution in [-0.2, 0) is 0 Å². The summed E-state index contributed by atoms with van der Waals surface area (Å²) >= 11 is 0. The van der Waals surface area contributed by atoms with Gasteiger partial charge in [-0.25, -0.2) is 20.2 Å². The van der Waals surface area contributed by atoms with E-state index >= 15 is 0 Å². The van der Waals surface area contributed by atoms with Crippen LogP contribution in [0, 0.1) is 12.7 Å². The minimum Gasteiger partial charge on any atom is -0.308 e. The molecule has 1 heterocycles. The number of hydrogen-bond donors (Lipinski definition) is 2. The Kier molecular flexibility index (Phi) is 3.04. The summed E-state index contributed by atoms with van der Waals surface area (Å²) in [6, 6.07) is 12.1. The second-order valence-electron chi connectivity index (χ2n) is 4.50. The first-order valence-electron chi connectivity index (χ1n) is 6.19. The lowest BCUT2D eigenvalue weighted by atomic mass is 10.0. The lowest BCUT2D eigenvalue weighted by Crippen LogP contribution is -2.10. The number of halogens is 1. The van der Waals surface area contributed by atoms with Gasteiger partial charge in [-0.05, 0) is 24.4 Å². The number of nitrogens with two attached hydrogens (primary N) is 1. The van der Waals surface area contributed by atoms with E-state index in [9.17, 15) is 4.39 Å². The number of aromatic nitrogens is 2. The monoisotopic (exact) mass is 268 g/mol. The molecule has 0 unspecified atom stereocenters. The molecule has 4 nitrogen and oxygen atoms in total. The van der Waals surface area contributed by atoms with Crippen molar-refractivity contribution in [1.82, 2.24) is 9.97 Å². The molecule has 2 aromatic carbocycles. The Labute approximate surface area is 115 Å². The molecular weight excluding hydrogens is 255 g/mol. The Hall–Kier alpha value is -2.53. The zero-order valence-electron chi connectivity index (χ0n) is 10.9. The first-order chi connectivity index (χ1) is 9.69. The Balaban J connectivity index is 2.30. The van der Waals surface area contributed by atoms with Crippen LogP contribution in [0.2, 0.25) is 0 Å². The van der Waals surface area contributed by atoms with E-state index in [0.717, 1.165) is 16.6 Å². The molecule has 0 aliphatic carbocycles. The maximum Gasteiger partial charge on any atom is 0.162 e. The molecule has 20 heavy (non-hydrogen) atoms. The van der Waals surface area contributed by atoms with E-state index in [0.29, 0.717) is 17.0 Å². The number of rotatable bonds is 2. The second kappa shape index (κ2) is 4.86. The highest BCUT2D eigenvalue weighted by Crippen LogP contribution is 2.28. The summed E-state index contributed by atoms with van der Waals surface area (Å²) in [5.41, 5.74) is 4.08. The molecule has 0 radical (unpaired) electrons. The van der Waals surface area contributed by atoms with Crippen molar-refractivity contribution >= 4 is 16.6 Å². The number of hydrazine groups is 1. The SMILES string of the molecule is Cc1cc(NN)nc(-c2ccc(F)c3ccccc23)n1. The average molecular weight is 268 g/mol. The van der Waals surface area contributed by atoms with Crippen LogP contribution in [0.5, 0.6) is 0 Å². The summed E-state index contributed by atoms with van der Waals surface area (Å²) in [4.78, 5) is 8.74. The van der Waals surface area contributed by atoms with Gasteiger partial charge in [-0.15, -0.1) is 0 Å². The largest absolute Gasteiger partial charge is 0.308 e. The smallest absolute Gasteiger partial charge is 0.162 e. The van der Waals surface area contributed by atoms with Crippen LogP contribution in [-0.4, -0.2) is 9.97 Å². The number of benzene rings is 2. The Morgan fingerprint density at radius 1 is 1.05 bits per heavy atom. The predicted octanol–water partition coefficient (Wildman–Crippen LogP) is 3.03. The molecule has 100 valence electrons. The van der Waals surface area contributed by atoms with Crippen molar-refractivity contribution in [3.8, 4) is 11.4 Å². The van der Waals surface area contributed by atoms with Crippen molar-refractivity contribution in [3.63, 3.8) is 0 Å². The molecule has 0 fully saturated rings. The molecule has 3 N–H and O–H groups in total. The molecule has 0 spiro atoms. The molecule has 0 saturated heterocycles. The van der Waals surface area contributed by atoms with Crippen LogP contribution in [0.4, 0.5) is 10.2 Å². The number of hydrogen-bond acceptors (Lipinski definition) is 4. The summed E-state index contributed by atoms with van der Waals surface area (Å²) in [5, 5.41) is 1.33. The van der Waals surface area contributed by atoms with Crippen molar-refractivity contribution in [2.45, 2.75) is 6.92 Å². The van der Waals surface area contributed by atoms with E-state index in [-0.39, 0.29) is 5.82 Å². The molecular formula is C15H13FN4. The van der Waals surface area contributed by atoms with Gasteiger partial charge in [0.25, 0.3) is 0 Å². The van der Waals surface area contributed by atoms with Crippen LogP contribution in [0.1, 0.15) is 5.69 Å². The topological polar surface area (TPSA) is 63.8 Å². The second-order valence-corrected chi connectivity index (χ2v) is 4.50. The molecule has 0 atom stereocenters. The van der Waals surface area contributed by atoms with Crippen molar-refractivity contribution in [2.75, 3.05) is 5.43 Å². The third kappa shape index (κ3) is 2.08. The molecule has 0 aliphatic heterocycles. The van der Waals surface area contributed by atoms with Crippen LogP contribution >= 0.6 is 0 Å². The van der Waals surface area contributed by atoms with E-state index in [2.05, 4.69) is 15.4 Å². The maximum atomic E-state index is 13.8. The Bertz CT molecular complexity index is 786. The number of anilines is 1. The lowest BCUT2D eigenvalue weighted by molar-refractivity contribution is 0.640. The first-order valence-corrected chi connectivity index (χ1v) is 6.19. The van der Waals surface area contributed by atoms with Gasteiger partial charge in [-0.3, -0.25) is 0 Å². The summed E-state index contributed by atoms with van der Waals surface area (Å²) in [5.74, 6) is 6.20. The van der Waals surface area contributed by atoms with Gasteiger partial charge in [0.2, 0.25) is 0 Å². The van der Waals surface area contributed by atoms with Gasteiger partial charge in [0.1, 0.15) is 11.6 Å². The normalized spacial score (nSPS) is 10.8. The maximum absolute atomic E-state index is 13.8. The lowest BCUT2D eigenvalue weighted by Gasteiger charge is -2.09. The minimum absolute atomic E-state index is 0.255. The highest BCUT2D eigenvalue weighted by Gasteiger charge is 2.10. The third-order valence-corrected chi connectivity index (χ3v) is 3.11. The highest BCUT2D eigenvalue weighted by atomic mass is 19.1. The van der Waals surface area contributed by atoms with Crippen molar-refractivity contribution in [2.24, 2.45) is 5.84 Å². The zero-order chi connectivity index (χ0) is 14.1. The average Bonchev–Trinajstić information content (AvgIpc) is 2.47. The fourth-order valence-electron chi connectivity index (χ4n) is 2.22. The molecule has 0 saturated carbocycles. The number of aryl methyl sites for hydroxylation is 1. The number of nitrogen functional groups attached to an aromatic ring is 1. The van der Waals surface area contributed by atoms with Gasteiger partial charge in [-0.2, -0.15) is 0 Å². The predicted molar refractivity (Wildman–Crippen MR) is 77.5 cm³/mol. The fourth-order valence-corrected chi connectivity index (χ4v) is 2.22. The molecule has 5 heteroatoms. The van der Waals surface area contributed by atoms with Gasteiger partial charge in [-0.1, -0.05) is 24.3 Å². The summed E-state index contributed by atoms with van der Waals surface area (Å²) < 4.78 is 13.8. The van der Waals surface area contributed by atoms with Crippen molar-refractivity contribution < 1.29 is 4.39 Å². The molecule has 1 aromatic heterocycles. The van der Waals surface area contributed by atoms with Crippen LogP contribution in [0.15, 0.2) is 42.5 Å². The van der Waals surface area contributed by atoms with E-state index in [1.54, 1.807) is 24.3 Å². The number of nitrogens with one attached hydrogen (secondary N) is 1. The van der Waals surface area contributed by atoms with E-state index in [1.165, 1.54) is 6.07 Å². The van der Waals surface area contributed by atoms with E-state index in [1.807, 2.05) is 19.1 Å². The Morgan fingerprint density at radius 3 is 2.55 bits per heavy atom. The van der Waals surface area contributed by atoms with Gasteiger partial charge in [0.05, 0.1) is 0 Å². The molecule has 0 bridgehead atoms. The standard InChI is InChI=1S/C15H13FN4/c1-9-8-14(20-17)19-15(18-9)12-6-7-13(16)11-5-3-2-4-10(11)12/h2-8H,17H2,1H3,(H,18,19,20). The van der Waals surface area contributed by atoms with Gasteiger partial charge < -0.3 is 5.43 Å². The van der Waals surface area contributed by atoms with Gasteiger partial charge in [0, 0.05) is 22.7 Å². The van der Waals surface area contributed by atoms with Crippen LogP contribution in [0.3, 0.4) is 0 Å². The van der Waals surface area contributed by atoms with E-state index in [4.69, 9.17) is 5.84 Å². The van der Waals surface area contributed by atoms with Gasteiger partial charge in [0.15, 0.2) is 5.82 Å². The minimum atomic E-state index is -0.255. The third-order valence-electron chi connectivity index (χ3n) is 3.11. The van der Waals surface area contributed by atoms with Crippen LogP contribution in [0.25, 0.3) is 22.2 Å². The van der Waals surface area contributed by atoms with Crippen molar-refractivity contribution in [3.05, 3.63) is 54.0 Å². The quantitative estimate of drug-likeness (QED) is 0.554. The highest BCUT2D eigenvalue weighted by molar-refractivity contribution is 5.95. The molecule has 0 aliphatic rings. The fraction of sp³-hybridized carbons (Fsp3) is 0.0667. The summed E-state index contributed by atoms with van der Waals surface area (Å²) in [6.45, 7) is 1.86. The Morgan fingerprint density at radius 2 is 1.80 bits per heavy atom. The summed E-state index contributed by atoms with van der Waals surface area (Å²) in [6.07, 6.45) is 0. The van der Waals surface area contributed by atoms with Gasteiger partial charge >= 0.3 is 0 Å². The molecule has 3 aromatic rings. The van der Waals surface area contributed by atoms with Crippen molar-refractivity contribution in [1.29, 1.82) is 0 Å².